The van der Waals surface area contributed by atoms with Crippen molar-refractivity contribution in [2.75, 3.05) is 21.3 Å². The highest BCUT2D eigenvalue weighted by Crippen LogP contribution is 2.35. The second-order valence-corrected chi connectivity index (χ2v) is 3.27. The van der Waals surface area contributed by atoms with Crippen molar-refractivity contribution in [2.45, 2.75) is 30.9 Å². The van der Waals surface area contributed by atoms with Crippen molar-refractivity contribution in [3.05, 3.63) is 0 Å². The third kappa shape index (κ3) is 1.50. The molecule has 3 atom stereocenters. The van der Waals surface area contributed by atoms with Gasteiger partial charge in [0.25, 0.3) is 0 Å². The molecule has 76 valence electrons. The van der Waals surface area contributed by atoms with E-state index in [0.29, 0.717) is 0 Å². The van der Waals surface area contributed by atoms with E-state index in [2.05, 4.69) is 0 Å². The average molecular weight is 188 g/mol. The van der Waals surface area contributed by atoms with Gasteiger partial charge in [0, 0.05) is 21.3 Å². The first-order valence-corrected chi connectivity index (χ1v) is 4.41. The third-order valence-electron chi connectivity index (χ3n) is 2.70. The van der Waals surface area contributed by atoms with Crippen molar-refractivity contribution < 1.29 is 18.9 Å². The molecule has 0 aromatic heterocycles. The topological polar surface area (TPSA) is 36.9 Å². The SMILES string of the molecule is BC1O[C@@H](C)C(OC)(OC)C1OC. The molecule has 1 rings (SSSR count). The Labute approximate surface area is 79.9 Å². The predicted octanol–water partition coefficient (Wildman–Crippen LogP) is -0.632. The Bertz CT molecular complexity index is 172. The minimum atomic E-state index is -0.770. The standard InChI is InChI=1S/C8H17BO4/c1-5-8(11-3,12-4)6(10-2)7(9)13-5/h5-7H,9H2,1-4H3/t5-,6?,7?/m0/s1. The summed E-state index contributed by atoms with van der Waals surface area (Å²) in [5.41, 5.74) is 0. The van der Waals surface area contributed by atoms with Crippen LogP contribution in [0.5, 0.6) is 0 Å². The molecule has 2 unspecified atom stereocenters. The Morgan fingerprint density at radius 3 is 2.08 bits per heavy atom. The lowest BCUT2D eigenvalue weighted by atomic mass is 9.91. The second-order valence-electron chi connectivity index (χ2n) is 3.27. The average Bonchev–Trinajstić information content (AvgIpc) is 2.36. The molecule has 1 aliphatic heterocycles. The molecule has 1 fully saturated rings. The number of methoxy groups -OCH3 is 3. The maximum atomic E-state index is 5.59. The zero-order valence-electron chi connectivity index (χ0n) is 8.87. The zero-order valence-corrected chi connectivity index (χ0v) is 8.87. The van der Waals surface area contributed by atoms with E-state index in [4.69, 9.17) is 18.9 Å². The lowest BCUT2D eigenvalue weighted by Gasteiger charge is -2.33. The highest BCUT2D eigenvalue weighted by Gasteiger charge is 2.54. The molecule has 1 aliphatic rings. The normalized spacial score (nSPS) is 38.0. The van der Waals surface area contributed by atoms with E-state index in [-0.39, 0.29) is 18.2 Å². The molecule has 13 heavy (non-hydrogen) atoms. The first-order chi connectivity index (χ1) is 6.12. The fraction of sp³-hybridized carbons (Fsp3) is 1.00. The molecule has 5 heteroatoms. The van der Waals surface area contributed by atoms with Crippen LogP contribution in [0.15, 0.2) is 0 Å². The van der Waals surface area contributed by atoms with Crippen LogP contribution in [0.25, 0.3) is 0 Å². The van der Waals surface area contributed by atoms with Gasteiger partial charge in [-0.2, -0.15) is 0 Å². The summed E-state index contributed by atoms with van der Waals surface area (Å²) in [6.07, 6.45) is -0.306. The summed E-state index contributed by atoms with van der Waals surface area (Å²) < 4.78 is 21.6. The maximum Gasteiger partial charge on any atom is 0.222 e. The summed E-state index contributed by atoms with van der Waals surface area (Å²) in [6.45, 7) is 1.92. The molecule has 0 amide bonds. The van der Waals surface area contributed by atoms with Crippen molar-refractivity contribution in [3.63, 3.8) is 0 Å². The minimum Gasteiger partial charge on any atom is -0.376 e. The molecule has 0 aromatic carbocycles. The van der Waals surface area contributed by atoms with E-state index in [9.17, 15) is 0 Å². The van der Waals surface area contributed by atoms with Gasteiger partial charge in [-0.3, -0.25) is 0 Å². The Kier molecular flexibility index (Phi) is 3.35. The van der Waals surface area contributed by atoms with E-state index in [1.807, 2.05) is 14.8 Å². The zero-order chi connectivity index (χ0) is 10.1. The van der Waals surface area contributed by atoms with Gasteiger partial charge in [0.05, 0.1) is 6.00 Å². The molecule has 0 saturated carbocycles. The Hall–Kier alpha value is -0.0951. The summed E-state index contributed by atoms with van der Waals surface area (Å²) in [7, 11) is 6.79. The van der Waals surface area contributed by atoms with Crippen LogP contribution < -0.4 is 0 Å². The molecule has 0 N–H and O–H groups in total. The summed E-state index contributed by atoms with van der Waals surface area (Å²) in [4.78, 5) is 0. The van der Waals surface area contributed by atoms with Gasteiger partial charge in [-0.1, -0.05) is 0 Å². The van der Waals surface area contributed by atoms with Crippen LogP contribution in [0.1, 0.15) is 6.92 Å². The smallest absolute Gasteiger partial charge is 0.222 e. The van der Waals surface area contributed by atoms with Crippen molar-refractivity contribution in [3.8, 4) is 0 Å². The summed E-state index contributed by atoms with van der Waals surface area (Å²) >= 11 is 0. The summed E-state index contributed by atoms with van der Waals surface area (Å²) in [5.74, 6) is -0.770. The third-order valence-corrected chi connectivity index (χ3v) is 2.70. The Balaban J connectivity index is 2.89. The van der Waals surface area contributed by atoms with Gasteiger partial charge < -0.3 is 18.9 Å². The fourth-order valence-corrected chi connectivity index (χ4v) is 2.05. The molecule has 0 aromatic rings. The van der Waals surface area contributed by atoms with Crippen LogP contribution in [0.2, 0.25) is 0 Å². The maximum absolute atomic E-state index is 5.59. The Morgan fingerprint density at radius 1 is 1.23 bits per heavy atom. The lowest BCUT2D eigenvalue weighted by molar-refractivity contribution is -0.264. The van der Waals surface area contributed by atoms with Gasteiger partial charge in [-0.15, -0.1) is 0 Å². The summed E-state index contributed by atoms with van der Waals surface area (Å²) in [5, 5.41) is 0. The first-order valence-electron chi connectivity index (χ1n) is 4.41. The van der Waals surface area contributed by atoms with E-state index >= 15 is 0 Å². The van der Waals surface area contributed by atoms with Crippen LogP contribution in [0.3, 0.4) is 0 Å². The number of hydrogen-bond donors (Lipinski definition) is 0. The van der Waals surface area contributed by atoms with Gasteiger partial charge in [-0.25, -0.2) is 0 Å². The van der Waals surface area contributed by atoms with E-state index < -0.39 is 5.79 Å². The second kappa shape index (κ2) is 3.96. The van der Waals surface area contributed by atoms with Crippen molar-refractivity contribution in [1.82, 2.24) is 0 Å². The van der Waals surface area contributed by atoms with Crippen LogP contribution in [0.4, 0.5) is 0 Å². The van der Waals surface area contributed by atoms with E-state index in [1.165, 1.54) is 0 Å². The molecular weight excluding hydrogens is 171 g/mol. The largest absolute Gasteiger partial charge is 0.376 e. The van der Waals surface area contributed by atoms with E-state index in [0.717, 1.165) is 0 Å². The van der Waals surface area contributed by atoms with Crippen molar-refractivity contribution in [2.24, 2.45) is 0 Å². The monoisotopic (exact) mass is 188 g/mol. The minimum absolute atomic E-state index is 0.0140. The van der Waals surface area contributed by atoms with Crippen LogP contribution >= 0.6 is 0 Å². The van der Waals surface area contributed by atoms with Crippen molar-refractivity contribution >= 4 is 7.85 Å². The number of rotatable bonds is 3. The van der Waals surface area contributed by atoms with Crippen LogP contribution in [-0.4, -0.2) is 53.2 Å². The lowest BCUT2D eigenvalue weighted by Crippen LogP contribution is -2.51. The fourth-order valence-electron chi connectivity index (χ4n) is 2.05. The van der Waals surface area contributed by atoms with Crippen LogP contribution in [-0.2, 0) is 18.9 Å². The molecule has 1 saturated heterocycles. The van der Waals surface area contributed by atoms with Gasteiger partial charge in [0.2, 0.25) is 5.79 Å². The molecule has 0 bridgehead atoms. The molecule has 4 nitrogen and oxygen atoms in total. The molecule has 1 heterocycles. The van der Waals surface area contributed by atoms with Gasteiger partial charge >= 0.3 is 0 Å². The molecule has 0 aliphatic carbocycles. The Morgan fingerprint density at radius 2 is 1.77 bits per heavy atom. The molecule has 0 radical (unpaired) electrons. The highest BCUT2D eigenvalue weighted by atomic mass is 16.7. The van der Waals surface area contributed by atoms with Crippen molar-refractivity contribution in [1.29, 1.82) is 0 Å². The summed E-state index contributed by atoms with van der Waals surface area (Å²) in [6, 6.07) is -0.0140. The van der Waals surface area contributed by atoms with Crippen LogP contribution in [0, 0.1) is 0 Å². The molecular formula is C8H17BO4. The number of ether oxygens (including phenoxy) is 4. The number of hydrogen-bond acceptors (Lipinski definition) is 4. The quantitative estimate of drug-likeness (QED) is 0.436. The molecule has 0 spiro atoms. The highest BCUT2D eigenvalue weighted by molar-refractivity contribution is 6.11. The van der Waals surface area contributed by atoms with E-state index in [1.54, 1.807) is 21.3 Å². The van der Waals surface area contributed by atoms with Gasteiger partial charge in [0.1, 0.15) is 20.1 Å². The predicted molar refractivity (Wildman–Crippen MR) is 50.4 cm³/mol. The first kappa shape index (κ1) is 11.0. The van der Waals surface area contributed by atoms with Gasteiger partial charge in [-0.05, 0) is 6.92 Å². The van der Waals surface area contributed by atoms with Gasteiger partial charge in [0.15, 0.2) is 0 Å².